The minimum Gasteiger partial charge on any atom is -0.383 e. The van der Waals surface area contributed by atoms with Crippen molar-refractivity contribution >= 4 is 16.7 Å². The van der Waals surface area contributed by atoms with Crippen molar-refractivity contribution in [2.75, 3.05) is 25.4 Å². The number of aromatic nitrogens is 2. The summed E-state index contributed by atoms with van der Waals surface area (Å²) in [5.41, 5.74) is 12.8. The van der Waals surface area contributed by atoms with Crippen LogP contribution >= 0.6 is 0 Å². The summed E-state index contributed by atoms with van der Waals surface area (Å²) in [4.78, 5) is 11.4. The standard InChI is InChI=1S/C16H25N5/c1-4-21(11-16(2,3)10-17)9-14-19-13-8-6-5-7-12(13)15(18)20-14/h5-8H,4,9-11,17H2,1-3H3,(H2,18,19,20). The molecule has 0 fully saturated rings. The lowest BCUT2D eigenvalue weighted by atomic mass is 9.93. The van der Waals surface area contributed by atoms with Crippen molar-refractivity contribution in [3.8, 4) is 0 Å². The van der Waals surface area contributed by atoms with E-state index in [0.29, 0.717) is 18.9 Å². The average Bonchev–Trinajstić information content (AvgIpc) is 2.46. The Hall–Kier alpha value is -1.72. The first-order valence-corrected chi connectivity index (χ1v) is 7.39. The molecule has 0 radical (unpaired) electrons. The summed E-state index contributed by atoms with van der Waals surface area (Å²) < 4.78 is 0. The first-order valence-electron chi connectivity index (χ1n) is 7.39. The van der Waals surface area contributed by atoms with Crippen molar-refractivity contribution in [2.45, 2.75) is 27.3 Å². The van der Waals surface area contributed by atoms with Crippen LogP contribution in [0.1, 0.15) is 26.6 Å². The molecule has 2 aromatic rings. The van der Waals surface area contributed by atoms with Crippen molar-refractivity contribution in [2.24, 2.45) is 11.1 Å². The van der Waals surface area contributed by atoms with Gasteiger partial charge >= 0.3 is 0 Å². The largest absolute Gasteiger partial charge is 0.383 e. The molecule has 0 aliphatic rings. The van der Waals surface area contributed by atoms with Crippen molar-refractivity contribution in [3.63, 3.8) is 0 Å². The molecule has 0 unspecified atom stereocenters. The van der Waals surface area contributed by atoms with Crippen LogP contribution in [-0.4, -0.2) is 34.5 Å². The lowest BCUT2D eigenvalue weighted by Gasteiger charge is -2.30. The van der Waals surface area contributed by atoms with E-state index < -0.39 is 0 Å². The van der Waals surface area contributed by atoms with E-state index in [1.54, 1.807) is 0 Å². The number of para-hydroxylation sites is 1. The van der Waals surface area contributed by atoms with Crippen molar-refractivity contribution in [1.29, 1.82) is 0 Å². The molecule has 0 aliphatic heterocycles. The molecular formula is C16H25N5. The zero-order valence-electron chi connectivity index (χ0n) is 13.1. The molecule has 5 nitrogen and oxygen atoms in total. The molecule has 1 heterocycles. The summed E-state index contributed by atoms with van der Waals surface area (Å²) in [5, 5.41) is 0.909. The van der Waals surface area contributed by atoms with Gasteiger partial charge in [-0.15, -0.1) is 0 Å². The predicted octanol–water partition coefficient (Wildman–Crippen LogP) is 2.02. The van der Waals surface area contributed by atoms with Gasteiger partial charge in [0, 0.05) is 11.9 Å². The van der Waals surface area contributed by atoms with Gasteiger partial charge in [-0.2, -0.15) is 0 Å². The number of rotatable bonds is 6. The lowest BCUT2D eigenvalue weighted by Crippen LogP contribution is -2.38. The second-order valence-corrected chi connectivity index (χ2v) is 6.21. The number of nitrogens with two attached hydrogens (primary N) is 2. The number of nitrogens with zero attached hydrogens (tertiary/aromatic N) is 3. The Labute approximate surface area is 126 Å². The molecule has 0 amide bonds. The fourth-order valence-electron chi connectivity index (χ4n) is 2.37. The Kier molecular flexibility index (Phi) is 4.75. The van der Waals surface area contributed by atoms with Gasteiger partial charge in [-0.3, -0.25) is 4.90 Å². The average molecular weight is 287 g/mol. The van der Waals surface area contributed by atoms with Gasteiger partial charge in [0.15, 0.2) is 0 Å². The van der Waals surface area contributed by atoms with Crippen molar-refractivity contribution in [1.82, 2.24) is 14.9 Å². The van der Waals surface area contributed by atoms with Crippen molar-refractivity contribution in [3.05, 3.63) is 30.1 Å². The molecular weight excluding hydrogens is 262 g/mol. The number of anilines is 1. The summed E-state index contributed by atoms with van der Waals surface area (Å²) in [5.74, 6) is 1.31. The molecule has 0 saturated heterocycles. The summed E-state index contributed by atoms with van der Waals surface area (Å²) >= 11 is 0. The number of hydrogen-bond donors (Lipinski definition) is 2. The van der Waals surface area contributed by atoms with E-state index in [1.165, 1.54) is 0 Å². The summed E-state index contributed by atoms with van der Waals surface area (Å²) in [6.07, 6.45) is 0. The van der Waals surface area contributed by atoms with Crippen LogP contribution in [0.5, 0.6) is 0 Å². The third-order valence-electron chi connectivity index (χ3n) is 3.70. The van der Waals surface area contributed by atoms with Crippen LogP contribution in [-0.2, 0) is 6.54 Å². The van der Waals surface area contributed by atoms with Crippen LogP contribution in [0.3, 0.4) is 0 Å². The monoisotopic (exact) mass is 287 g/mol. The molecule has 0 atom stereocenters. The maximum Gasteiger partial charge on any atom is 0.145 e. The zero-order valence-corrected chi connectivity index (χ0v) is 13.1. The molecule has 0 bridgehead atoms. The van der Waals surface area contributed by atoms with Gasteiger partial charge in [-0.05, 0) is 30.6 Å². The van der Waals surface area contributed by atoms with E-state index in [9.17, 15) is 0 Å². The van der Waals surface area contributed by atoms with Crippen LogP contribution in [0, 0.1) is 5.41 Å². The molecule has 5 heteroatoms. The van der Waals surface area contributed by atoms with E-state index in [4.69, 9.17) is 11.5 Å². The highest BCUT2D eigenvalue weighted by molar-refractivity contribution is 5.87. The predicted molar refractivity (Wildman–Crippen MR) is 87.7 cm³/mol. The minimum atomic E-state index is 0.0817. The third-order valence-corrected chi connectivity index (χ3v) is 3.70. The quantitative estimate of drug-likeness (QED) is 0.849. The van der Waals surface area contributed by atoms with Gasteiger partial charge in [-0.1, -0.05) is 32.9 Å². The highest BCUT2D eigenvalue weighted by atomic mass is 15.2. The smallest absolute Gasteiger partial charge is 0.145 e. The van der Waals surface area contributed by atoms with E-state index in [0.717, 1.165) is 29.8 Å². The Morgan fingerprint density at radius 3 is 2.57 bits per heavy atom. The molecule has 2 rings (SSSR count). The SMILES string of the molecule is CCN(Cc1nc(N)c2ccccc2n1)CC(C)(C)CN. The third kappa shape index (κ3) is 3.89. The second-order valence-electron chi connectivity index (χ2n) is 6.21. The number of fused-ring (bicyclic) bond motifs is 1. The minimum absolute atomic E-state index is 0.0817. The van der Waals surface area contributed by atoms with Gasteiger partial charge < -0.3 is 11.5 Å². The van der Waals surface area contributed by atoms with Gasteiger partial charge in [0.05, 0.1) is 12.1 Å². The van der Waals surface area contributed by atoms with E-state index in [2.05, 4.69) is 35.6 Å². The normalized spacial score (nSPS) is 12.2. The number of benzene rings is 1. The molecule has 1 aromatic heterocycles. The van der Waals surface area contributed by atoms with Gasteiger partial charge in [0.2, 0.25) is 0 Å². The van der Waals surface area contributed by atoms with E-state index in [1.807, 2.05) is 24.3 Å². The molecule has 1 aromatic carbocycles. The van der Waals surface area contributed by atoms with E-state index in [-0.39, 0.29) is 5.41 Å². The second kappa shape index (κ2) is 6.37. The summed E-state index contributed by atoms with van der Waals surface area (Å²) in [6, 6.07) is 7.83. The summed E-state index contributed by atoms with van der Waals surface area (Å²) in [7, 11) is 0. The van der Waals surface area contributed by atoms with Crippen molar-refractivity contribution < 1.29 is 0 Å². The zero-order chi connectivity index (χ0) is 15.5. The fraction of sp³-hybridized carbons (Fsp3) is 0.500. The molecule has 0 spiro atoms. The van der Waals surface area contributed by atoms with E-state index >= 15 is 0 Å². The van der Waals surface area contributed by atoms with Crippen LogP contribution in [0.25, 0.3) is 10.9 Å². The molecule has 21 heavy (non-hydrogen) atoms. The summed E-state index contributed by atoms with van der Waals surface area (Å²) in [6.45, 7) is 9.67. The first kappa shape index (κ1) is 15.7. The highest BCUT2D eigenvalue weighted by Crippen LogP contribution is 2.19. The van der Waals surface area contributed by atoms with Gasteiger partial charge in [0.25, 0.3) is 0 Å². The topological polar surface area (TPSA) is 81.1 Å². The van der Waals surface area contributed by atoms with Crippen LogP contribution in [0.2, 0.25) is 0 Å². The Balaban J connectivity index is 2.21. The number of nitrogen functional groups attached to an aromatic ring is 1. The Morgan fingerprint density at radius 2 is 1.90 bits per heavy atom. The maximum atomic E-state index is 6.04. The fourth-order valence-corrected chi connectivity index (χ4v) is 2.37. The molecule has 0 aliphatic carbocycles. The maximum absolute atomic E-state index is 6.04. The Bertz CT molecular complexity index is 609. The van der Waals surface area contributed by atoms with Gasteiger partial charge in [0.1, 0.15) is 11.6 Å². The van der Waals surface area contributed by atoms with Crippen LogP contribution in [0.15, 0.2) is 24.3 Å². The van der Waals surface area contributed by atoms with Gasteiger partial charge in [-0.25, -0.2) is 9.97 Å². The molecule has 4 N–H and O–H groups in total. The van der Waals surface area contributed by atoms with Crippen LogP contribution < -0.4 is 11.5 Å². The first-order chi connectivity index (χ1) is 9.95. The Morgan fingerprint density at radius 1 is 1.19 bits per heavy atom. The lowest BCUT2D eigenvalue weighted by molar-refractivity contribution is 0.180. The molecule has 114 valence electrons. The highest BCUT2D eigenvalue weighted by Gasteiger charge is 2.20. The number of hydrogen-bond acceptors (Lipinski definition) is 5. The molecule has 0 saturated carbocycles. The van der Waals surface area contributed by atoms with Crippen LogP contribution in [0.4, 0.5) is 5.82 Å².